The van der Waals surface area contributed by atoms with Crippen molar-refractivity contribution in [3.63, 3.8) is 0 Å². The molecule has 0 unspecified atom stereocenters. The van der Waals surface area contributed by atoms with Crippen LogP contribution in [0.25, 0.3) is 10.2 Å². The van der Waals surface area contributed by atoms with Crippen molar-refractivity contribution < 1.29 is 8.42 Å². The predicted molar refractivity (Wildman–Crippen MR) is 104 cm³/mol. The second-order valence-electron chi connectivity index (χ2n) is 6.50. The van der Waals surface area contributed by atoms with Gasteiger partial charge in [-0.25, -0.2) is 18.4 Å². The van der Waals surface area contributed by atoms with Crippen molar-refractivity contribution in [1.29, 1.82) is 0 Å². The van der Waals surface area contributed by atoms with E-state index in [-0.39, 0.29) is 0 Å². The van der Waals surface area contributed by atoms with Gasteiger partial charge in [0.25, 0.3) is 0 Å². The zero-order chi connectivity index (χ0) is 18.3. The molecule has 0 amide bonds. The SMILES string of the molecule is Cc1ccc(S(=O)(=O)N2CCN(c3ncnc4scc(C)c34)CC2)cc1. The summed E-state index contributed by atoms with van der Waals surface area (Å²) in [5.74, 6) is 0.904. The fraction of sp³-hybridized carbons (Fsp3) is 0.333. The number of anilines is 1. The second kappa shape index (κ2) is 6.61. The van der Waals surface area contributed by atoms with Crippen molar-refractivity contribution >= 4 is 37.4 Å². The van der Waals surface area contributed by atoms with E-state index in [1.54, 1.807) is 34.1 Å². The summed E-state index contributed by atoms with van der Waals surface area (Å²) < 4.78 is 27.3. The molecule has 3 aromatic rings. The number of benzene rings is 1. The summed E-state index contributed by atoms with van der Waals surface area (Å²) in [6.45, 7) is 6.14. The average molecular weight is 389 g/mol. The summed E-state index contributed by atoms with van der Waals surface area (Å²) in [6, 6.07) is 7.03. The molecule has 136 valence electrons. The van der Waals surface area contributed by atoms with Crippen molar-refractivity contribution in [3.8, 4) is 0 Å². The molecule has 0 aliphatic carbocycles. The average Bonchev–Trinajstić information content (AvgIpc) is 3.04. The highest BCUT2D eigenvalue weighted by atomic mass is 32.2. The van der Waals surface area contributed by atoms with Crippen molar-refractivity contribution in [1.82, 2.24) is 14.3 Å². The first-order valence-electron chi connectivity index (χ1n) is 8.47. The van der Waals surface area contributed by atoms with E-state index in [1.165, 1.54) is 0 Å². The lowest BCUT2D eigenvalue weighted by Gasteiger charge is -2.35. The number of piperazine rings is 1. The van der Waals surface area contributed by atoms with Crippen molar-refractivity contribution in [2.24, 2.45) is 0 Å². The molecule has 0 spiro atoms. The van der Waals surface area contributed by atoms with Crippen molar-refractivity contribution in [3.05, 3.63) is 47.1 Å². The highest BCUT2D eigenvalue weighted by Gasteiger charge is 2.29. The topological polar surface area (TPSA) is 66.4 Å². The third kappa shape index (κ3) is 2.98. The molecule has 1 aliphatic rings. The lowest BCUT2D eigenvalue weighted by Crippen LogP contribution is -2.49. The first-order chi connectivity index (χ1) is 12.5. The van der Waals surface area contributed by atoms with Gasteiger partial charge in [0, 0.05) is 26.2 Å². The fourth-order valence-electron chi connectivity index (χ4n) is 3.24. The van der Waals surface area contributed by atoms with Crippen molar-refractivity contribution in [2.75, 3.05) is 31.1 Å². The van der Waals surface area contributed by atoms with Crippen LogP contribution in [0, 0.1) is 13.8 Å². The number of aryl methyl sites for hydroxylation is 2. The Hall–Kier alpha value is -2.03. The summed E-state index contributed by atoms with van der Waals surface area (Å²) in [5.41, 5.74) is 2.21. The summed E-state index contributed by atoms with van der Waals surface area (Å²) in [7, 11) is -3.45. The summed E-state index contributed by atoms with van der Waals surface area (Å²) in [4.78, 5) is 12.3. The number of sulfonamides is 1. The molecule has 4 rings (SSSR count). The van der Waals surface area contributed by atoms with E-state index in [2.05, 4.69) is 27.2 Å². The number of nitrogens with zero attached hydrogens (tertiary/aromatic N) is 4. The molecule has 1 aliphatic heterocycles. The highest BCUT2D eigenvalue weighted by molar-refractivity contribution is 7.89. The van der Waals surface area contributed by atoms with E-state index in [1.807, 2.05) is 19.1 Å². The third-order valence-electron chi connectivity index (χ3n) is 4.73. The van der Waals surface area contributed by atoms with Crippen LogP contribution in [-0.2, 0) is 10.0 Å². The highest BCUT2D eigenvalue weighted by Crippen LogP contribution is 2.31. The molecule has 6 nitrogen and oxygen atoms in total. The molecule has 0 bridgehead atoms. The van der Waals surface area contributed by atoms with Gasteiger partial charge in [-0.3, -0.25) is 0 Å². The Labute approximate surface area is 157 Å². The van der Waals surface area contributed by atoms with E-state index < -0.39 is 10.0 Å². The number of aromatic nitrogens is 2. The Morgan fingerprint density at radius 1 is 1.00 bits per heavy atom. The number of thiophene rings is 1. The second-order valence-corrected chi connectivity index (χ2v) is 9.30. The summed E-state index contributed by atoms with van der Waals surface area (Å²) >= 11 is 1.61. The molecule has 8 heteroatoms. The first-order valence-corrected chi connectivity index (χ1v) is 10.8. The number of rotatable bonds is 3. The molecule has 0 atom stereocenters. The summed E-state index contributed by atoms with van der Waals surface area (Å²) in [5, 5.41) is 3.16. The quantitative estimate of drug-likeness (QED) is 0.690. The van der Waals surface area contributed by atoms with Gasteiger partial charge >= 0.3 is 0 Å². The van der Waals surface area contributed by atoms with Crippen LogP contribution in [0.15, 0.2) is 40.9 Å². The number of fused-ring (bicyclic) bond motifs is 1. The monoisotopic (exact) mass is 388 g/mol. The minimum Gasteiger partial charge on any atom is -0.353 e. The normalized spacial score (nSPS) is 16.3. The smallest absolute Gasteiger partial charge is 0.243 e. The van der Waals surface area contributed by atoms with Crippen LogP contribution in [-0.4, -0.2) is 48.9 Å². The minimum absolute atomic E-state index is 0.356. The molecule has 26 heavy (non-hydrogen) atoms. The molecule has 1 aromatic carbocycles. The Bertz CT molecular complexity index is 1040. The minimum atomic E-state index is -3.45. The molecular weight excluding hydrogens is 368 g/mol. The van der Waals surface area contributed by atoms with Gasteiger partial charge in [0.05, 0.1) is 10.3 Å². The Morgan fingerprint density at radius 2 is 1.69 bits per heavy atom. The molecular formula is C18H20N4O2S2. The van der Waals surface area contributed by atoms with E-state index >= 15 is 0 Å². The lowest BCUT2D eigenvalue weighted by molar-refractivity contribution is 0.384. The zero-order valence-electron chi connectivity index (χ0n) is 14.7. The lowest BCUT2D eigenvalue weighted by atomic mass is 10.2. The maximum absolute atomic E-state index is 12.9. The van der Waals surface area contributed by atoms with Gasteiger partial charge in [0.15, 0.2) is 0 Å². The molecule has 0 saturated carbocycles. The largest absolute Gasteiger partial charge is 0.353 e. The van der Waals surface area contributed by atoms with Gasteiger partial charge in [-0.05, 0) is 36.9 Å². The predicted octanol–water partition coefficient (Wildman–Crippen LogP) is 2.82. The fourth-order valence-corrected chi connectivity index (χ4v) is 5.54. The molecule has 0 N–H and O–H groups in total. The van der Waals surface area contributed by atoms with Crippen LogP contribution in [0.4, 0.5) is 5.82 Å². The van der Waals surface area contributed by atoms with Gasteiger partial charge in [-0.1, -0.05) is 17.7 Å². The maximum Gasteiger partial charge on any atom is 0.243 e. The Kier molecular flexibility index (Phi) is 4.42. The van der Waals surface area contributed by atoms with Crippen LogP contribution in [0.1, 0.15) is 11.1 Å². The molecule has 1 fully saturated rings. The standard InChI is InChI=1S/C18H20N4O2S2/c1-13-3-5-15(6-4-13)26(23,24)22-9-7-21(8-10-22)17-16-14(2)11-25-18(16)20-12-19-17/h3-6,11-12H,7-10H2,1-2H3. The van der Waals surface area contributed by atoms with Gasteiger partial charge in [-0.2, -0.15) is 4.31 Å². The van der Waals surface area contributed by atoms with Crippen LogP contribution in [0.3, 0.4) is 0 Å². The van der Waals surface area contributed by atoms with E-state index in [0.29, 0.717) is 31.1 Å². The van der Waals surface area contributed by atoms with Crippen LogP contribution >= 0.6 is 11.3 Å². The van der Waals surface area contributed by atoms with Crippen molar-refractivity contribution in [2.45, 2.75) is 18.7 Å². The van der Waals surface area contributed by atoms with E-state index in [0.717, 1.165) is 27.2 Å². The van der Waals surface area contributed by atoms with Gasteiger partial charge < -0.3 is 4.90 Å². The number of hydrogen-bond donors (Lipinski definition) is 0. The molecule has 2 aromatic heterocycles. The van der Waals surface area contributed by atoms with Crippen LogP contribution < -0.4 is 4.90 Å². The van der Waals surface area contributed by atoms with E-state index in [4.69, 9.17) is 0 Å². The van der Waals surface area contributed by atoms with Crippen LogP contribution in [0.5, 0.6) is 0 Å². The first kappa shape index (κ1) is 17.4. The zero-order valence-corrected chi connectivity index (χ0v) is 16.3. The summed E-state index contributed by atoms with van der Waals surface area (Å²) in [6.07, 6.45) is 1.59. The molecule has 0 radical (unpaired) electrons. The van der Waals surface area contributed by atoms with Gasteiger partial charge in [0.2, 0.25) is 10.0 Å². The van der Waals surface area contributed by atoms with Crippen LogP contribution in [0.2, 0.25) is 0 Å². The Balaban J connectivity index is 1.55. The molecule has 3 heterocycles. The van der Waals surface area contributed by atoms with Gasteiger partial charge in [0.1, 0.15) is 17.0 Å². The third-order valence-corrected chi connectivity index (χ3v) is 7.65. The number of hydrogen-bond acceptors (Lipinski definition) is 6. The van der Waals surface area contributed by atoms with Gasteiger partial charge in [-0.15, -0.1) is 11.3 Å². The maximum atomic E-state index is 12.9. The molecule has 1 saturated heterocycles. The Morgan fingerprint density at radius 3 is 2.38 bits per heavy atom. The van der Waals surface area contributed by atoms with E-state index in [9.17, 15) is 8.42 Å².